The lowest BCUT2D eigenvalue weighted by Gasteiger charge is -2.28. The molecule has 26 heavy (non-hydrogen) atoms. The van der Waals surface area contributed by atoms with Crippen molar-refractivity contribution in [1.82, 2.24) is 15.1 Å². The van der Waals surface area contributed by atoms with Crippen LogP contribution in [0.2, 0.25) is 0 Å². The monoisotopic (exact) mass is 368 g/mol. The van der Waals surface area contributed by atoms with Gasteiger partial charge in [0.05, 0.1) is 0 Å². The summed E-state index contributed by atoms with van der Waals surface area (Å²) in [6.45, 7) is 4.14. The Labute approximate surface area is 155 Å². The summed E-state index contributed by atoms with van der Waals surface area (Å²) in [5.74, 6) is 0.986. The van der Waals surface area contributed by atoms with E-state index in [2.05, 4.69) is 33.8 Å². The summed E-state index contributed by atoms with van der Waals surface area (Å²) in [7, 11) is 3.72. The molecule has 0 aromatic heterocycles. The number of benzene rings is 1. The molecule has 0 spiro atoms. The highest BCUT2D eigenvalue weighted by Crippen LogP contribution is 2.27. The lowest BCUT2D eigenvalue weighted by atomic mass is 10.2. The lowest BCUT2D eigenvalue weighted by Crippen LogP contribution is -2.44. The highest BCUT2D eigenvalue weighted by molar-refractivity contribution is 5.79. The van der Waals surface area contributed by atoms with E-state index >= 15 is 0 Å². The number of hydrogen-bond donors (Lipinski definition) is 1. The largest absolute Gasteiger partial charge is 0.435 e. The molecule has 1 aromatic rings. The third kappa shape index (κ3) is 6.44. The van der Waals surface area contributed by atoms with Crippen LogP contribution in [0.25, 0.3) is 0 Å². The molecule has 5 nitrogen and oxygen atoms in total. The zero-order valence-corrected chi connectivity index (χ0v) is 16.1. The summed E-state index contributed by atoms with van der Waals surface area (Å²) in [4.78, 5) is 8.88. The van der Waals surface area contributed by atoms with E-state index in [9.17, 15) is 8.78 Å². The van der Waals surface area contributed by atoms with Gasteiger partial charge >= 0.3 is 6.61 Å². The predicted molar refractivity (Wildman–Crippen MR) is 101 cm³/mol. The second kappa shape index (κ2) is 9.71. The molecule has 2 rings (SSSR count). The summed E-state index contributed by atoms with van der Waals surface area (Å²) in [5, 5.41) is 3.41. The molecule has 1 aliphatic rings. The Balaban J connectivity index is 1.81. The third-order valence-electron chi connectivity index (χ3n) is 4.47. The molecule has 146 valence electrons. The Morgan fingerprint density at radius 1 is 1.27 bits per heavy atom. The fourth-order valence-corrected chi connectivity index (χ4v) is 3.08. The van der Waals surface area contributed by atoms with Gasteiger partial charge in [0.1, 0.15) is 5.75 Å². The third-order valence-corrected chi connectivity index (χ3v) is 4.47. The van der Waals surface area contributed by atoms with Gasteiger partial charge in [0.15, 0.2) is 5.96 Å². The van der Waals surface area contributed by atoms with Crippen LogP contribution in [0.5, 0.6) is 5.75 Å². The minimum Gasteiger partial charge on any atom is -0.435 e. The topological polar surface area (TPSA) is 40.1 Å². The first kappa shape index (κ1) is 20.4. The highest BCUT2D eigenvalue weighted by atomic mass is 19.3. The van der Waals surface area contributed by atoms with E-state index in [0.29, 0.717) is 12.6 Å². The number of halogens is 2. The Kier molecular flexibility index (Phi) is 7.63. The van der Waals surface area contributed by atoms with E-state index in [0.717, 1.165) is 30.7 Å². The SMILES string of the molecule is CN=C(NCCN(C(C)C)C1CC1)N(C)Cc1ccc(OC(F)F)cc1. The van der Waals surface area contributed by atoms with Crippen molar-refractivity contribution in [3.63, 3.8) is 0 Å². The van der Waals surface area contributed by atoms with E-state index in [4.69, 9.17) is 0 Å². The number of nitrogens with zero attached hydrogens (tertiary/aromatic N) is 3. The van der Waals surface area contributed by atoms with Gasteiger partial charge in [0.2, 0.25) is 0 Å². The van der Waals surface area contributed by atoms with Crippen LogP contribution < -0.4 is 10.1 Å². The Morgan fingerprint density at radius 2 is 1.92 bits per heavy atom. The van der Waals surface area contributed by atoms with Gasteiger partial charge in [-0.15, -0.1) is 0 Å². The molecule has 0 unspecified atom stereocenters. The molecule has 0 saturated heterocycles. The number of ether oxygens (including phenoxy) is 1. The van der Waals surface area contributed by atoms with Crippen LogP contribution in [-0.2, 0) is 6.54 Å². The standard InChI is InChI=1S/C19H30F2N4O/c1-14(2)25(16-7-8-16)12-11-23-19(22-3)24(4)13-15-5-9-17(10-6-15)26-18(20)21/h5-6,9-10,14,16,18H,7-8,11-13H2,1-4H3,(H,22,23). The van der Waals surface area contributed by atoms with Gasteiger partial charge < -0.3 is 15.0 Å². The summed E-state index contributed by atoms with van der Waals surface area (Å²) < 4.78 is 28.8. The minimum atomic E-state index is -2.80. The average molecular weight is 368 g/mol. The summed E-state index contributed by atoms with van der Waals surface area (Å²) >= 11 is 0. The van der Waals surface area contributed by atoms with Crippen molar-refractivity contribution in [3.8, 4) is 5.75 Å². The van der Waals surface area contributed by atoms with E-state index in [-0.39, 0.29) is 5.75 Å². The van der Waals surface area contributed by atoms with Crippen molar-refractivity contribution in [2.24, 2.45) is 4.99 Å². The molecule has 1 aliphatic carbocycles. The Bertz CT molecular complexity index is 571. The van der Waals surface area contributed by atoms with Crippen LogP contribution in [0.3, 0.4) is 0 Å². The van der Waals surface area contributed by atoms with Crippen LogP contribution in [-0.4, -0.2) is 61.6 Å². The molecule has 0 radical (unpaired) electrons. The molecule has 1 saturated carbocycles. The van der Waals surface area contributed by atoms with Crippen LogP contribution in [0.15, 0.2) is 29.3 Å². The molecule has 0 aliphatic heterocycles. The molecule has 1 N–H and O–H groups in total. The number of hydrogen-bond acceptors (Lipinski definition) is 3. The van der Waals surface area contributed by atoms with Crippen molar-refractivity contribution >= 4 is 5.96 Å². The van der Waals surface area contributed by atoms with Gasteiger partial charge in [0, 0.05) is 45.8 Å². The van der Waals surface area contributed by atoms with E-state index in [1.807, 2.05) is 11.9 Å². The summed E-state index contributed by atoms with van der Waals surface area (Å²) in [6, 6.07) is 7.98. The van der Waals surface area contributed by atoms with Crippen LogP contribution in [0.4, 0.5) is 8.78 Å². The Hall–Kier alpha value is -1.89. The number of alkyl halides is 2. The van der Waals surface area contributed by atoms with E-state index in [1.165, 1.54) is 12.8 Å². The summed E-state index contributed by atoms with van der Waals surface area (Å²) in [6.07, 6.45) is 2.61. The van der Waals surface area contributed by atoms with Crippen molar-refractivity contribution < 1.29 is 13.5 Å². The van der Waals surface area contributed by atoms with Gasteiger partial charge in [-0.25, -0.2) is 0 Å². The van der Waals surface area contributed by atoms with Gasteiger partial charge in [0.25, 0.3) is 0 Å². The first-order chi connectivity index (χ1) is 12.4. The molecule has 0 atom stereocenters. The van der Waals surface area contributed by atoms with Crippen molar-refractivity contribution in [2.75, 3.05) is 27.2 Å². The number of nitrogens with one attached hydrogen (secondary N) is 1. The highest BCUT2D eigenvalue weighted by Gasteiger charge is 2.30. The minimum absolute atomic E-state index is 0.169. The smallest absolute Gasteiger partial charge is 0.387 e. The molecule has 7 heteroatoms. The number of guanidine groups is 1. The molecule has 0 bridgehead atoms. The first-order valence-corrected chi connectivity index (χ1v) is 9.12. The fourth-order valence-electron chi connectivity index (χ4n) is 3.08. The second-order valence-corrected chi connectivity index (χ2v) is 6.92. The Morgan fingerprint density at radius 3 is 2.42 bits per heavy atom. The maximum Gasteiger partial charge on any atom is 0.387 e. The van der Waals surface area contributed by atoms with Gasteiger partial charge in [-0.1, -0.05) is 12.1 Å². The normalized spacial score (nSPS) is 15.0. The maximum atomic E-state index is 12.2. The van der Waals surface area contributed by atoms with Gasteiger partial charge in [-0.3, -0.25) is 9.89 Å². The van der Waals surface area contributed by atoms with Crippen molar-refractivity contribution in [3.05, 3.63) is 29.8 Å². The zero-order valence-electron chi connectivity index (χ0n) is 16.1. The van der Waals surface area contributed by atoms with E-state index < -0.39 is 6.61 Å². The zero-order chi connectivity index (χ0) is 19.1. The predicted octanol–water partition coefficient (Wildman–Crippen LogP) is 3.17. The molecule has 0 amide bonds. The van der Waals surface area contributed by atoms with Crippen molar-refractivity contribution in [1.29, 1.82) is 0 Å². The quantitative estimate of drug-likeness (QED) is 0.537. The van der Waals surface area contributed by atoms with Crippen LogP contribution >= 0.6 is 0 Å². The van der Waals surface area contributed by atoms with Gasteiger partial charge in [-0.2, -0.15) is 8.78 Å². The van der Waals surface area contributed by atoms with Crippen molar-refractivity contribution in [2.45, 2.75) is 51.9 Å². The molecule has 1 fully saturated rings. The first-order valence-electron chi connectivity index (χ1n) is 9.12. The summed E-state index contributed by atoms with van der Waals surface area (Å²) in [5.41, 5.74) is 0.999. The molecular formula is C19H30F2N4O. The lowest BCUT2D eigenvalue weighted by molar-refractivity contribution is -0.0498. The second-order valence-electron chi connectivity index (χ2n) is 6.92. The van der Waals surface area contributed by atoms with Gasteiger partial charge in [-0.05, 0) is 44.4 Å². The molecular weight excluding hydrogens is 338 g/mol. The van der Waals surface area contributed by atoms with Crippen LogP contribution in [0, 0.1) is 0 Å². The number of aliphatic imine (C=N–C) groups is 1. The average Bonchev–Trinajstić information content (AvgIpc) is 3.40. The fraction of sp³-hybridized carbons (Fsp3) is 0.632. The van der Waals surface area contributed by atoms with Crippen LogP contribution in [0.1, 0.15) is 32.3 Å². The van der Waals surface area contributed by atoms with E-state index in [1.54, 1.807) is 31.3 Å². The maximum absolute atomic E-state index is 12.2. The molecule has 1 aromatic carbocycles. The number of rotatable bonds is 9. The molecule has 0 heterocycles.